The molecule has 0 atom stereocenters. The number of piperidine rings is 1. The van der Waals surface area contributed by atoms with E-state index in [0.29, 0.717) is 25.0 Å². The lowest BCUT2D eigenvalue weighted by Gasteiger charge is -2.33. The third kappa shape index (κ3) is 6.58. The number of likely N-dealkylation sites (tertiary alicyclic amines) is 1. The van der Waals surface area contributed by atoms with Crippen molar-refractivity contribution >= 4 is 23.5 Å². The summed E-state index contributed by atoms with van der Waals surface area (Å²) in [6.45, 7) is 12.2. The highest BCUT2D eigenvalue weighted by Crippen LogP contribution is 2.22. The van der Waals surface area contributed by atoms with Gasteiger partial charge in [-0.15, -0.1) is 5.10 Å². The Balaban J connectivity index is 1.39. The van der Waals surface area contributed by atoms with Crippen molar-refractivity contribution in [1.82, 2.24) is 29.5 Å². The second kappa shape index (κ2) is 10.5. The zero-order valence-corrected chi connectivity index (χ0v) is 21.3. The smallest absolute Gasteiger partial charge is 0.410 e. The Morgan fingerprint density at radius 2 is 1.83 bits per heavy atom. The number of fused-ring (bicyclic) bond motifs is 1. The van der Waals surface area contributed by atoms with Crippen LogP contribution in [0.2, 0.25) is 0 Å². The molecule has 1 aliphatic rings. The number of carbonyl (C=O) groups is 1. The largest absolute Gasteiger partial charge is 0.444 e. The van der Waals surface area contributed by atoms with E-state index in [0.717, 1.165) is 48.5 Å². The van der Waals surface area contributed by atoms with E-state index in [1.54, 1.807) is 23.5 Å². The predicted molar refractivity (Wildman–Crippen MR) is 136 cm³/mol. The molecule has 3 aromatic heterocycles. The number of rotatable bonds is 7. The summed E-state index contributed by atoms with van der Waals surface area (Å²) < 4.78 is 7.30. The number of hydrogen-bond donors (Lipinski definition) is 2. The van der Waals surface area contributed by atoms with Gasteiger partial charge in [0.2, 0.25) is 5.95 Å². The van der Waals surface area contributed by atoms with Crippen molar-refractivity contribution in [3.05, 3.63) is 30.7 Å². The number of nitrogens with zero attached hydrogens (tertiary/aromatic N) is 6. The molecule has 10 heteroatoms. The van der Waals surface area contributed by atoms with Crippen LogP contribution in [-0.4, -0.2) is 66.8 Å². The summed E-state index contributed by atoms with van der Waals surface area (Å²) >= 11 is 0. The number of carbonyl (C=O) groups excluding carboxylic acids is 1. The Hall–Kier alpha value is -3.43. The molecule has 0 spiro atoms. The minimum Gasteiger partial charge on any atom is -0.444 e. The number of amides is 1. The van der Waals surface area contributed by atoms with Crippen LogP contribution in [0.25, 0.3) is 16.9 Å². The standard InChI is InChI=1S/C25H36N8O2/c1-17(2)8-11-26-23-28-14-18(15-29-23)20-16-27-22-7-6-21(31-33(20)22)30-19-9-12-32(13-10-19)24(34)35-25(3,4)5/h6-7,14-17,19H,8-13H2,1-5H3,(H,30,31)(H,26,28,29). The Morgan fingerprint density at radius 1 is 1.11 bits per heavy atom. The fourth-order valence-corrected chi connectivity index (χ4v) is 3.91. The molecule has 1 saturated heterocycles. The molecule has 2 N–H and O–H groups in total. The average Bonchev–Trinajstić information content (AvgIpc) is 3.22. The summed E-state index contributed by atoms with van der Waals surface area (Å²) in [6.07, 6.45) is 7.85. The molecule has 4 rings (SSSR count). The molecule has 0 radical (unpaired) electrons. The zero-order valence-electron chi connectivity index (χ0n) is 21.3. The first-order valence-electron chi connectivity index (χ1n) is 12.3. The van der Waals surface area contributed by atoms with Crippen LogP contribution in [0.4, 0.5) is 16.6 Å². The Kier molecular flexibility index (Phi) is 7.37. The van der Waals surface area contributed by atoms with Gasteiger partial charge in [-0.05, 0) is 58.1 Å². The Bertz CT molecular complexity index is 1130. The van der Waals surface area contributed by atoms with Gasteiger partial charge in [-0.1, -0.05) is 13.8 Å². The maximum absolute atomic E-state index is 12.3. The number of hydrogen-bond acceptors (Lipinski definition) is 8. The number of ether oxygens (including phenoxy) is 1. The van der Waals surface area contributed by atoms with Crippen molar-refractivity contribution in [2.24, 2.45) is 5.92 Å². The topological polar surface area (TPSA) is 110 Å². The highest BCUT2D eigenvalue weighted by Gasteiger charge is 2.27. The molecule has 35 heavy (non-hydrogen) atoms. The van der Waals surface area contributed by atoms with Crippen LogP contribution >= 0.6 is 0 Å². The second-order valence-corrected chi connectivity index (χ2v) is 10.4. The molecule has 0 saturated carbocycles. The lowest BCUT2D eigenvalue weighted by molar-refractivity contribution is 0.0210. The van der Waals surface area contributed by atoms with Crippen molar-refractivity contribution in [2.75, 3.05) is 30.3 Å². The lowest BCUT2D eigenvalue weighted by atomic mass is 10.1. The van der Waals surface area contributed by atoms with Crippen molar-refractivity contribution in [3.63, 3.8) is 0 Å². The quantitative estimate of drug-likeness (QED) is 0.510. The first-order valence-corrected chi connectivity index (χ1v) is 12.3. The Labute approximate surface area is 206 Å². The highest BCUT2D eigenvalue weighted by molar-refractivity contribution is 5.68. The van der Waals surface area contributed by atoms with E-state index >= 15 is 0 Å². The molecule has 3 aromatic rings. The van der Waals surface area contributed by atoms with Crippen molar-refractivity contribution < 1.29 is 9.53 Å². The van der Waals surface area contributed by atoms with Gasteiger partial charge in [0.15, 0.2) is 5.65 Å². The van der Waals surface area contributed by atoms with Crippen LogP contribution in [0.1, 0.15) is 53.9 Å². The molecule has 1 fully saturated rings. The number of aromatic nitrogens is 5. The highest BCUT2D eigenvalue weighted by atomic mass is 16.6. The molecule has 4 heterocycles. The van der Waals surface area contributed by atoms with E-state index in [4.69, 9.17) is 9.84 Å². The van der Waals surface area contributed by atoms with E-state index in [9.17, 15) is 4.79 Å². The fourth-order valence-electron chi connectivity index (χ4n) is 3.91. The predicted octanol–water partition coefficient (Wildman–Crippen LogP) is 4.46. The molecule has 0 bridgehead atoms. The second-order valence-electron chi connectivity index (χ2n) is 10.4. The van der Waals surface area contributed by atoms with Crippen LogP contribution in [0, 0.1) is 5.92 Å². The molecule has 1 aliphatic heterocycles. The molecular weight excluding hydrogens is 444 g/mol. The number of anilines is 2. The van der Waals surface area contributed by atoms with Gasteiger partial charge in [-0.3, -0.25) is 0 Å². The van der Waals surface area contributed by atoms with Gasteiger partial charge >= 0.3 is 6.09 Å². The molecule has 0 aromatic carbocycles. The van der Waals surface area contributed by atoms with E-state index in [1.165, 1.54) is 0 Å². The third-order valence-electron chi connectivity index (χ3n) is 5.81. The maximum Gasteiger partial charge on any atom is 0.410 e. The molecule has 0 aliphatic carbocycles. The van der Waals surface area contributed by atoms with Crippen molar-refractivity contribution in [3.8, 4) is 11.3 Å². The summed E-state index contributed by atoms with van der Waals surface area (Å²) in [7, 11) is 0. The first kappa shape index (κ1) is 24.7. The summed E-state index contributed by atoms with van der Waals surface area (Å²) in [6, 6.07) is 4.10. The zero-order chi connectivity index (χ0) is 25.0. The van der Waals surface area contributed by atoms with Crippen molar-refractivity contribution in [1.29, 1.82) is 0 Å². The minimum atomic E-state index is -0.482. The number of imidazole rings is 1. The Morgan fingerprint density at radius 3 is 2.49 bits per heavy atom. The first-order chi connectivity index (χ1) is 16.7. The monoisotopic (exact) mass is 480 g/mol. The minimum absolute atomic E-state index is 0.227. The van der Waals surface area contributed by atoms with Gasteiger partial charge in [-0.25, -0.2) is 24.3 Å². The van der Waals surface area contributed by atoms with E-state index in [-0.39, 0.29) is 12.1 Å². The van der Waals surface area contributed by atoms with Crippen molar-refractivity contribution in [2.45, 2.75) is 65.5 Å². The molecule has 0 unspecified atom stereocenters. The average molecular weight is 481 g/mol. The summed E-state index contributed by atoms with van der Waals surface area (Å²) in [5.74, 6) is 2.02. The van der Waals surface area contributed by atoms with E-state index < -0.39 is 5.60 Å². The van der Waals surface area contributed by atoms with Crippen LogP contribution in [0.15, 0.2) is 30.7 Å². The normalized spacial score (nSPS) is 15.0. The summed E-state index contributed by atoms with van der Waals surface area (Å²) in [4.78, 5) is 27.5. The van der Waals surface area contributed by atoms with E-state index in [1.807, 2.05) is 37.4 Å². The fraction of sp³-hybridized carbons (Fsp3) is 0.560. The SMILES string of the molecule is CC(C)CCNc1ncc(-c2cnc3ccc(NC4CCN(C(=O)OC(C)(C)C)CC4)nn23)cn1. The molecule has 1 amide bonds. The van der Waals surface area contributed by atoms with E-state index in [2.05, 4.69) is 39.4 Å². The lowest BCUT2D eigenvalue weighted by Crippen LogP contribution is -2.44. The van der Waals surface area contributed by atoms with Crippen LogP contribution in [0.5, 0.6) is 0 Å². The maximum atomic E-state index is 12.3. The summed E-state index contributed by atoms with van der Waals surface area (Å²) in [5, 5.41) is 11.5. The molecule has 10 nitrogen and oxygen atoms in total. The van der Waals surface area contributed by atoms with Crippen LogP contribution in [0.3, 0.4) is 0 Å². The van der Waals surface area contributed by atoms with Gasteiger partial charge in [0.05, 0.1) is 11.9 Å². The van der Waals surface area contributed by atoms with Gasteiger partial charge in [0.1, 0.15) is 11.4 Å². The van der Waals surface area contributed by atoms with Crippen LogP contribution < -0.4 is 10.6 Å². The third-order valence-corrected chi connectivity index (χ3v) is 5.81. The van der Waals surface area contributed by atoms with Gasteiger partial charge in [0, 0.05) is 43.6 Å². The number of nitrogens with one attached hydrogen (secondary N) is 2. The molecular formula is C25H36N8O2. The van der Waals surface area contributed by atoms with Gasteiger partial charge < -0.3 is 20.3 Å². The molecule has 188 valence electrons. The van der Waals surface area contributed by atoms with Gasteiger partial charge in [0.25, 0.3) is 0 Å². The van der Waals surface area contributed by atoms with Crippen LogP contribution in [-0.2, 0) is 4.74 Å². The van der Waals surface area contributed by atoms with Gasteiger partial charge in [-0.2, -0.15) is 0 Å². The summed E-state index contributed by atoms with van der Waals surface area (Å²) in [5.41, 5.74) is 1.95.